The summed E-state index contributed by atoms with van der Waals surface area (Å²) in [7, 11) is 0. The van der Waals surface area contributed by atoms with Crippen molar-refractivity contribution in [1.82, 2.24) is 5.43 Å². The van der Waals surface area contributed by atoms with E-state index in [1.807, 2.05) is 20.8 Å². The van der Waals surface area contributed by atoms with Crippen molar-refractivity contribution in [2.24, 2.45) is 5.73 Å². The summed E-state index contributed by atoms with van der Waals surface area (Å²) < 4.78 is 43.1. The molecule has 0 bridgehead atoms. The van der Waals surface area contributed by atoms with Crippen molar-refractivity contribution < 1.29 is 37.3 Å². The number of carbonyl (C=O) groups excluding carboxylic acids is 1. The monoisotopic (exact) mass is 499 g/mol. The van der Waals surface area contributed by atoms with Crippen molar-refractivity contribution in [1.29, 1.82) is 5.41 Å². The average Bonchev–Trinajstić information content (AvgIpc) is 2.77. The molecule has 0 unspecified atom stereocenters. The van der Waals surface area contributed by atoms with Crippen LogP contribution in [-0.4, -0.2) is 48.3 Å². The Bertz CT molecular complexity index is 998. The number of carboxylic acid groups (broad SMARTS) is 1. The predicted octanol–water partition coefficient (Wildman–Crippen LogP) is 3.35. The Kier molecular flexibility index (Phi) is 11.2. The number of amidine groups is 1. The van der Waals surface area contributed by atoms with Crippen molar-refractivity contribution in [2.45, 2.75) is 33.1 Å². The molecule has 10 nitrogen and oxygen atoms in total. The first kappa shape index (κ1) is 28.9. The van der Waals surface area contributed by atoms with Gasteiger partial charge in [0, 0.05) is 17.3 Å². The number of anilines is 2. The molecular formula is C22H28F3N5O5. The summed E-state index contributed by atoms with van der Waals surface area (Å²) in [5, 5.41) is 17.5. The van der Waals surface area contributed by atoms with Crippen molar-refractivity contribution in [3.05, 3.63) is 48.0 Å². The van der Waals surface area contributed by atoms with E-state index in [0.717, 1.165) is 5.69 Å². The molecule has 0 spiro atoms. The van der Waals surface area contributed by atoms with Crippen LogP contribution in [0.1, 0.15) is 26.3 Å². The number of rotatable bonds is 10. The molecule has 0 heterocycles. The minimum Gasteiger partial charge on any atom is -0.490 e. The number of hydrogen-bond acceptors (Lipinski definition) is 7. The van der Waals surface area contributed by atoms with Crippen LogP contribution >= 0.6 is 0 Å². The Morgan fingerprint density at radius 2 is 1.66 bits per heavy atom. The number of alkyl halides is 3. The molecule has 7 N–H and O–H groups in total. The van der Waals surface area contributed by atoms with Crippen LogP contribution in [0, 0.1) is 5.41 Å². The molecule has 0 aliphatic rings. The molecule has 35 heavy (non-hydrogen) atoms. The van der Waals surface area contributed by atoms with Crippen molar-refractivity contribution in [3.8, 4) is 11.5 Å². The van der Waals surface area contributed by atoms with E-state index in [1.165, 1.54) is 0 Å². The maximum Gasteiger partial charge on any atom is 0.490 e. The highest BCUT2D eigenvalue weighted by molar-refractivity contribution is 5.95. The van der Waals surface area contributed by atoms with E-state index >= 15 is 0 Å². The number of hydrazine groups is 1. The lowest BCUT2D eigenvalue weighted by Crippen LogP contribution is -2.34. The second kappa shape index (κ2) is 13.5. The molecule has 2 rings (SSSR count). The lowest BCUT2D eigenvalue weighted by atomic mass is 10.2. The first-order valence-corrected chi connectivity index (χ1v) is 10.3. The van der Waals surface area contributed by atoms with Crippen LogP contribution in [0.15, 0.2) is 42.5 Å². The number of amides is 1. The molecule has 0 saturated carbocycles. The summed E-state index contributed by atoms with van der Waals surface area (Å²) in [6, 6.07) is 12.3. The molecule has 13 heteroatoms. The van der Waals surface area contributed by atoms with E-state index in [9.17, 15) is 18.0 Å². The van der Waals surface area contributed by atoms with Gasteiger partial charge in [0.1, 0.15) is 5.84 Å². The standard InChI is InChI=1S/C20H27N5O3.C2HF3O2/c1-4-27-18-11-16(9-10-17(18)28-13(2)3)24-25-19(26)12-23-15-7-5-14(6-8-15)20(21)22;3-2(4,5)1(6)7/h5-11,13,23-24H,4,12H2,1-3H3,(H3,21,22)(H,25,26);(H,6,7). The minimum atomic E-state index is -5.08. The Labute approximate surface area is 200 Å². The summed E-state index contributed by atoms with van der Waals surface area (Å²) in [6.07, 6.45) is -5.05. The van der Waals surface area contributed by atoms with Gasteiger partial charge in [-0.1, -0.05) is 0 Å². The third-order valence-electron chi connectivity index (χ3n) is 3.84. The fourth-order valence-corrected chi connectivity index (χ4v) is 2.34. The van der Waals surface area contributed by atoms with E-state index in [4.69, 9.17) is 30.5 Å². The van der Waals surface area contributed by atoms with Crippen molar-refractivity contribution in [3.63, 3.8) is 0 Å². The van der Waals surface area contributed by atoms with Crippen LogP contribution in [0.2, 0.25) is 0 Å². The fourth-order valence-electron chi connectivity index (χ4n) is 2.34. The molecule has 1 amide bonds. The van der Waals surface area contributed by atoms with E-state index in [0.29, 0.717) is 29.4 Å². The van der Waals surface area contributed by atoms with Gasteiger partial charge in [-0.3, -0.25) is 21.1 Å². The highest BCUT2D eigenvalue weighted by Crippen LogP contribution is 2.31. The quantitative estimate of drug-likeness (QED) is 0.165. The third kappa shape index (κ3) is 11.0. The summed E-state index contributed by atoms with van der Waals surface area (Å²) >= 11 is 0. The molecule has 0 radical (unpaired) electrons. The Morgan fingerprint density at radius 1 is 1.09 bits per heavy atom. The highest BCUT2D eigenvalue weighted by atomic mass is 19.4. The highest BCUT2D eigenvalue weighted by Gasteiger charge is 2.38. The number of nitrogen functional groups attached to an aromatic ring is 1. The number of benzene rings is 2. The molecule has 0 saturated heterocycles. The van der Waals surface area contributed by atoms with Crippen LogP contribution in [-0.2, 0) is 9.59 Å². The van der Waals surface area contributed by atoms with Crippen molar-refractivity contribution in [2.75, 3.05) is 23.9 Å². The van der Waals surface area contributed by atoms with E-state index in [1.54, 1.807) is 42.5 Å². The number of ether oxygens (including phenoxy) is 2. The van der Waals surface area contributed by atoms with Gasteiger partial charge in [-0.15, -0.1) is 0 Å². The first-order chi connectivity index (χ1) is 16.3. The van der Waals surface area contributed by atoms with Gasteiger partial charge in [0.15, 0.2) is 11.5 Å². The maximum absolute atomic E-state index is 12.0. The maximum atomic E-state index is 12.0. The van der Waals surface area contributed by atoms with Crippen molar-refractivity contribution >= 4 is 29.1 Å². The molecule has 0 aliphatic heterocycles. The zero-order chi connectivity index (χ0) is 26.6. The Morgan fingerprint density at radius 3 is 2.14 bits per heavy atom. The molecule has 0 fully saturated rings. The summed E-state index contributed by atoms with van der Waals surface area (Å²) in [4.78, 5) is 20.9. The minimum absolute atomic E-state index is 0.00438. The smallest absolute Gasteiger partial charge is 0.490 e. The van der Waals surface area contributed by atoms with Gasteiger partial charge in [0.2, 0.25) is 0 Å². The fraction of sp³-hybridized carbons (Fsp3) is 0.318. The molecule has 2 aromatic rings. The second-order valence-electron chi connectivity index (χ2n) is 7.08. The Balaban J connectivity index is 0.000000762. The Hall–Kier alpha value is -4.16. The number of hydrogen-bond donors (Lipinski definition) is 6. The zero-order valence-corrected chi connectivity index (χ0v) is 19.3. The molecule has 0 aliphatic carbocycles. The number of carbonyl (C=O) groups is 2. The molecular weight excluding hydrogens is 471 g/mol. The van der Waals surface area contributed by atoms with Gasteiger partial charge in [-0.25, -0.2) is 4.79 Å². The second-order valence-corrected chi connectivity index (χ2v) is 7.08. The number of nitrogens with one attached hydrogen (secondary N) is 4. The molecule has 192 valence electrons. The largest absolute Gasteiger partial charge is 0.490 e. The summed E-state index contributed by atoms with van der Waals surface area (Å²) in [6.45, 7) is 6.39. The predicted molar refractivity (Wildman–Crippen MR) is 125 cm³/mol. The normalized spacial score (nSPS) is 10.5. The molecule has 0 atom stereocenters. The van der Waals surface area contributed by atoms with Crippen LogP contribution in [0.5, 0.6) is 11.5 Å². The van der Waals surface area contributed by atoms with Crippen LogP contribution in [0.25, 0.3) is 0 Å². The number of nitrogens with two attached hydrogens (primary N) is 1. The topological polar surface area (TPSA) is 159 Å². The molecule has 0 aromatic heterocycles. The van der Waals surface area contributed by atoms with Crippen LogP contribution < -0.4 is 31.4 Å². The van der Waals surface area contributed by atoms with Gasteiger partial charge < -0.3 is 25.6 Å². The van der Waals surface area contributed by atoms with Gasteiger partial charge in [-0.05, 0) is 57.2 Å². The third-order valence-corrected chi connectivity index (χ3v) is 3.84. The zero-order valence-electron chi connectivity index (χ0n) is 19.3. The lowest BCUT2D eigenvalue weighted by Gasteiger charge is -2.16. The number of halogens is 3. The summed E-state index contributed by atoms with van der Waals surface area (Å²) in [5.41, 5.74) is 13.0. The van der Waals surface area contributed by atoms with E-state index in [-0.39, 0.29) is 24.4 Å². The van der Waals surface area contributed by atoms with Gasteiger partial charge >= 0.3 is 12.1 Å². The number of aliphatic carboxylic acids is 1. The molecule has 2 aromatic carbocycles. The SMILES string of the molecule is CCOc1cc(NNC(=O)CNc2ccc(C(=N)N)cc2)ccc1OC(C)C.O=C(O)C(F)(F)F. The average molecular weight is 499 g/mol. The summed E-state index contributed by atoms with van der Waals surface area (Å²) in [5.74, 6) is -1.73. The van der Waals surface area contributed by atoms with Crippen LogP contribution in [0.4, 0.5) is 24.5 Å². The lowest BCUT2D eigenvalue weighted by molar-refractivity contribution is -0.192. The van der Waals surface area contributed by atoms with E-state index < -0.39 is 12.1 Å². The van der Waals surface area contributed by atoms with Crippen LogP contribution in [0.3, 0.4) is 0 Å². The van der Waals surface area contributed by atoms with Gasteiger partial charge in [0.05, 0.1) is 24.9 Å². The van der Waals surface area contributed by atoms with Gasteiger partial charge in [0.25, 0.3) is 5.91 Å². The number of carboxylic acids is 1. The first-order valence-electron chi connectivity index (χ1n) is 10.3. The van der Waals surface area contributed by atoms with Gasteiger partial charge in [-0.2, -0.15) is 13.2 Å². The van der Waals surface area contributed by atoms with E-state index in [2.05, 4.69) is 16.2 Å².